The van der Waals surface area contributed by atoms with Crippen LogP contribution in [0.2, 0.25) is 5.02 Å². The second-order valence-corrected chi connectivity index (χ2v) is 6.24. The van der Waals surface area contributed by atoms with Gasteiger partial charge in [-0.2, -0.15) is 5.10 Å². The van der Waals surface area contributed by atoms with E-state index < -0.39 is 0 Å². The summed E-state index contributed by atoms with van der Waals surface area (Å²) in [6, 6.07) is 5.42. The van der Waals surface area contributed by atoms with E-state index in [0.717, 1.165) is 22.4 Å². The third-order valence-electron chi connectivity index (χ3n) is 4.07. The minimum absolute atomic E-state index is 0.221. The van der Waals surface area contributed by atoms with E-state index in [4.69, 9.17) is 11.6 Å². The molecule has 0 spiro atoms. The minimum Gasteiger partial charge on any atom is -0.281 e. The molecule has 0 radical (unpaired) electrons. The normalized spacial score (nSPS) is 11.2. The van der Waals surface area contributed by atoms with Crippen molar-refractivity contribution < 1.29 is 0 Å². The van der Waals surface area contributed by atoms with Gasteiger partial charge in [-0.1, -0.05) is 11.6 Å². The maximum absolute atomic E-state index is 13.0. The van der Waals surface area contributed by atoms with Crippen molar-refractivity contribution in [2.75, 3.05) is 0 Å². The highest BCUT2D eigenvalue weighted by atomic mass is 35.5. The lowest BCUT2D eigenvalue weighted by molar-refractivity contribution is 0.768. The summed E-state index contributed by atoms with van der Waals surface area (Å²) in [7, 11) is 1.84. The van der Waals surface area contributed by atoms with Crippen LogP contribution in [0.4, 0.5) is 0 Å². The highest BCUT2D eigenvalue weighted by Crippen LogP contribution is 2.26. The van der Waals surface area contributed by atoms with Crippen LogP contribution in [0.15, 0.2) is 54.0 Å². The van der Waals surface area contributed by atoms with Crippen LogP contribution in [0.25, 0.3) is 27.8 Å². The molecule has 0 fully saturated rings. The van der Waals surface area contributed by atoms with E-state index in [1.807, 2.05) is 32.3 Å². The first-order valence-corrected chi connectivity index (χ1v) is 8.04. The van der Waals surface area contributed by atoms with Gasteiger partial charge in [0, 0.05) is 48.0 Å². The topological polar surface area (TPSA) is 65.6 Å². The van der Waals surface area contributed by atoms with Gasteiger partial charge < -0.3 is 0 Å². The van der Waals surface area contributed by atoms with Gasteiger partial charge in [-0.05, 0) is 30.7 Å². The average molecular weight is 352 g/mol. The Balaban J connectivity index is 2.09. The quantitative estimate of drug-likeness (QED) is 0.556. The van der Waals surface area contributed by atoms with Crippen molar-refractivity contribution in [3.63, 3.8) is 0 Å². The van der Waals surface area contributed by atoms with Crippen LogP contribution in [0.1, 0.15) is 5.56 Å². The number of nitrogens with zero attached hydrogens (tertiary/aromatic N) is 5. The van der Waals surface area contributed by atoms with Gasteiger partial charge in [0.25, 0.3) is 5.56 Å². The fourth-order valence-electron chi connectivity index (χ4n) is 2.89. The van der Waals surface area contributed by atoms with Crippen LogP contribution in [0.5, 0.6) is 0 Å². The van der Waals surface area contributed by atoms with Gasteiger partial charge in [0.05, 0.1) is 11.9 Å². The van der Waals surface area contributed by atoms with Crippen molar-refractivity contribution in [1.82, 2.24) is 24.3 Å². The standard InChI is InChI=1S/C18H14ClN5O/c1-11-7-13(19)3-4-15(11)24-10-14(12-8-22-23(2)9-12)16-17(18(24)25)21-6-5-20-16/h3-10H,1-2H3. The van der Waals surface area contributed by atoms with Crippen LogP contribution in [0, 0.1) is 6.92 Å². The van der Waals surface area contributed by atoms with E-state index in [0.29, 0.717) is 16.1 Å². The number of aryl methyl sites for hydroxylation is 2. The van der Waals surface area contributed by atoms with Crippen LogP contribution < -0.4 is 5.56 Å². The Morgan fingerprint density at radius 3 is 2.52 bits per heavy atom. The predicted molar refractivity (Wildman–Crippen MR) is 97.1 cm³/mol. The molecule has 7 heteroatoms. The smallest absolute Gasteiger partial charge is 0.281 e. The SMILES string of the molecule is Cc1cc(Cl)ccc1-n1cc(-c2cnn(C)c2)c2nccnc2c1=O. The van der Waals surface area contributed by atoms with Gasteiger partial charge in [-0.25, -0.2) is 4.98 Å². The van der Waals surface area contributed by atoms with E-state index in [-0.39, 0.29) is 5.56 Å². The molecule has 3 aromatic heterocycles. The second-order valence-electron chi connectivity index (χ2n) is 5.80. The van der Waals surface area contributed by atoms with Gasteiger partial charge in [-0.3, -0.25) is 19.0 Å². The highest BCUT2D eigenvalue weighted by molar-refractivity contribution is 6.30. The van der Waals surface area contributed by atoms with Crippen LogP contribution >= 0.6 is 11.6 Å². The number of rotatable bonds is 2. The van der Waals surface area contributed by atoms with Crippen molar-refractivity contribution in [1.29, 1.82) is 0 Å². The summed E-state index contributed by atoms with van der Waals surface area (Å²) in [5.74, 6) is 0. The summed E-state index contributed by atoms with van der Waals surface area (Å²) in [5, 5.41) is 4.84. The molecule has 25 heavy (non-hydrogen) atoms. The first-order valence-electron chi connectivity index (χ1n) is 7.66. The first-order chi connectivity index (χ1) is 12.0. The number of hydrogen-bond acceptors (Lipinski definition) is 4. The lowest BCUT2D eigenvalue weighted by Gasteiger charge is -2.13. The Labute approximate surface area is 148 Å². The van der Waals surface area contributed by atoms with E-state index >= 15 is 0 Å². The average Bonchev–Trinajstić information content (AvgIpc) is 3.02. The number of fused-ring (bicyclic) bond motifs is 1. The second kappa shape index (κ2) is 5.82. The molecule has 0 aliphatic heterocycles. The molecule has 0 aliphatic carbocycles. The minimum atomic E-state index is -0.221. The molecule has 0 saturated carbocycles. The Morgan fingerprint density at radius 1 is 1.08 bits per heavy atom. The molecule has 4 aromatic rings. The van der Waals surface area contributed by atoms with Crippen LogP contribution in [-0.4, -0.2) is 24.3 Å². The van der Waals surface area contributed by atoms with Gasteiger partial charge in [-0.15, -0.1) is 0 Å². The molecule has 6 nitrogen and oxygen atoms in total. The predicted octanol–water partition coefficient (Wildman–Crippen LogP) is 3.14. The highest BCUT2D eigenvalue weighted by Gasteiger charge is 2.15. The number of benzene rings is 1. The van der Waals surface area contributed by atoms with Crippen molar-refractivity contribution in [3.05, 3.63) is 70.1 Å². The lowest BCUT2D eigenvalue weighted by atomic mass is 10.1. The fraction of sp³-hybridized carbons (Fsp3) is 0.111. The van der Waals surface area contributed by atoms with Crippen molar-refractivity contribution >= 4 is 22.6 Å². The van der Waals surface area contributed by atoms with Gasteiger partial charge in [0.1, 0.15) is 5.52 Å². The van der Waals surface area contributed by atoms with Crippen LogP contribution in [0.3, 0.4) is 0 Å². The zero-order valence-electron chi connectivity index (χ0n) is 13.6. The van der Waals surface area contributed by atoms with Gasteiger partial charge in [0.2, 0.25) is 0 Å². The first kappa shape index (κ1) is 15.5. The summed E-state index contributed by atoms with van der Waals surface area (Å²) < 4.78 is 3.30. The zero-order chi connectivity index (χ0) is 17.6. The van der Waals surface area contributed by atoms with Gasteiger partial charge in [0.15, 0.2) is 5.52 Å². The summed E-state index contributed by atoms with van der Waals surface area (Å²) in [6.45, 7) is 1.91. The molecule has 0 amide bonds. The number of aromatic nitrogens is 5. The summed E-state index contributed by atoms with van der Waals surface area (Å²) >= 11 is 6.05. The Kier molecular flexibility index (Phi) is 3.62. The number of hydrogen-bond donors (Lipinski definition) is 0. The van der Waals surface area contributed by atoms with Crippen molar-refractivity contribution in [2.45, 2.75) is 6.92 Å². The largest absolute Gasteiger partial charge is 0.283 e. The van der Waals surface area contributed by atoms with Crippen molar-refractivity contribution in [3.8, 4) is 16.8 Å². The molecule has 3 heterocycles. The summed E-state index contributed by atoms with van der Waals surface area (Å²) in [6.07, 6.45) is 8.52. The molecular weight excluding hydrogens is 338 g/mol. The molecule has 0 unspecified atom stereocenters. The maximum Gasteiger partial charge on any atom is 0.283 e. The maximum atomic E-state index is 13.0. The Bertz CT molecular complexity index is 1160. The third kappa shape index (κ3) is 2.60. The summed E-state index contributed by atoms with van der Waals surface area (Å²) in [4.78, 5) is 21.6. The zero-order valence-corrected chi connectivity index (χ0v) is 14.4. The van der Waals surface area contributed by atoms with E-state index in [9.17, 15) is 4.79 Å². The Hall–Kier alpha value is -2.99. The fourth-order valence-corrected chi connectivity index (χ4v) is 3.12. The molecule has 4 rings (SSSR count). The number of pyridine rings is 1. The third-order valence-corrected chi connectivity index (χ3v) is 4.30. The molecule has 124 valence electrons. The van der Waals surface area contributed by atoms with Gasteiger partial charge >= 0.3 is 0 Å². The molecular formula is C18H14ClN5O. The van der Waals surface area contributed by atoms with E-state index in [1.165, 1.54) is 6.20 Å². The molecule has 1 aromatic carbocycles. The van der Waals surface area contributed by atoms with E-state index in [2.05, 4.69) is 15.1 Å². The molecule has 0 bridgehead atoms. The van der Waals surface area contributed by atoms with Crippen LogP contribution in [-0.2, 0) is 7.05 Å². The Morgan fingerprint density at radius 2 is 1.84 bits per heavy atom. The lowest BCUT2D eigenvalue weighted by Crippen LogP contribution is -2.20. The molecule has 0 aliphatic rings. The molecule has 0 N–H and O–H groups in total. The van der Waals surface area contributed by atoms with E-state index in [1.54, 1.807) is 33.9 Å². The monoisotopic (exact) mass is 351 g/mol. The molecule has 0 atom stereocenters. The van der Waals surface area contributed by atoms with Crippen molar-refractivity contribution in [2.24, 2.45) is 7.05 Å². The number of halogens is 1. The molecule has 0 saturated heterocycles. The summed E-state index contributed by atoms with van der Waals surface area (Å²) in [5.41, 5.74) is 3.98.